The lowest BCUT2D eigenvalue weighted by Crippen LogP contribution is -2.00. The topological polar surface area (TPSA) is 54.2 Å². The van der Waals surface area contributed by atoms with Crippen molar-refractivity contribution in [2.45, 2.75) is 6.92 Å². The third-order valence-corrected chi connectivity index (χ3v) is 3.89. The third-order valence-electron chi connectivity index (χ3n) is 3.89. The van der Waals surface area contributed by atoms with Crippen LogP contribution in [-0.4, -0.2) is 21.4 Å². The van der Waals surface area contributed by atoms with Crippen molar-refractivity contribution < 1.29 is 0 Å². The van der Waals surface area contributed by atoms with E-state index in [1.54, 1.807) is 0 Å². The minimum Gasteiger partial charge on any atom is -0.388 e. The van der Waals surface area contributed by atoms with Crippen LogP contribution in [0.15, 0.2) is 54.6 Å². The molecule has 2 N–H and O–H groups in total. The quantitative estimate of drug-likeness (QED) is 0.601. The number of hydrogen-bond donors (Lipinski definition) is 2. The van der Waals surface area contributed by atoms with E-state index in [0.29, 0.717) is 5.78 Å². The summed E-state index contributed by atoms with van der Waals surface area (Å²) in [6, 6.07) is 18.2. The van der Waals surface area contributed by atoms with E-state index in [1.807, 2.05) is 55.6 Å². The molecule has 0 saturated heterocycles. The molecule has 0 atom stereocenters. The molecular weight excluding hydrogens is 286 g/mol. The van der Waals surface area contributed by atoms with Crippen LogP contribution in [0.5, 0.6) is 0 Å². The lowest BCUT2D eigenvalue weighted by atomic mass is 10.2. The van der Waals surface area contributed by atoms with Gasteiger partial charge >= 0.3 is 0 Å². The van der Waals surface area contributed by atoms with Crippen LogP contribution in [0.3, 0.4) is 0 Å². The summed E-state index contributed by atoms with van der Waals surface area (Å²) in [5.74, 6) is 1.50. The summed E-state index contributed by atoms with van der Waals surface area (Å²) in [7, 11) is 1.91. The maximum atomic E-state index is 4.64. The number of anilines is 3. The lowest BCUT2D eigenvalue weighted by molar-refractivity contribution is 1.07. The van der Waals surface area contributed by atoms with Crippen molar-refractivity contribution in [3.63, 3.8) is 0 Å². The van der Waals surface area contributed by atoms with Crippen molar-refractivity contribution in [2.24, 2.45) is 0 Å². The SMILES string of the molecule is CNc1cccc(Nc2cc(C)n3c(n2)nc2ccccc23)c1. The molecule has 2 aromatic carbocycles. The van der Waals surface area contributed by atoms with E-state index in [1.165, 1.54) is 0 Å². The molecule has 5 nitrogen and oxygen atoms in total. The predicted molar refractivity (Wildman–Crippen MR) is 94.5 cm³/mol. The molecule has 2 heterocycles. The van der Waals surface area contributed by atoms with Crippen LogP contribution in [0.4, 0.5) is 17.2 Å². The number of para-hydroxylation sites is 2. The Kier molecular flexibility index (Phi) is 3.12. The van der Waals surface area contributed by atoms with Gasteiger partial charge < -0.3 is 10.6 Å². The summed E-state index contributed by atoms with van der Waals surface area (Å²) in [6.45, 7) is 2.07. The van der Waals surface area contributed by atoms with Gasteiger partial charge in [0.25, 0.3) is 0 Å². The average molecular weight is 303 g/mol. The van der Waals surface area contributed by atoms with Crippen molar-refractivity contribution in [1.29, 1.82) is 0 Å². The van der Waals surface area contributed by atoms with Gasteiger partial charge in [0.05, 0.1) is 11.0 Å². The Morgan fingerprint density at radius 2 is 1.74 bits per heavy atom. The van der Waals surface area contributed by atoms with Gasteiger partial charge in [0.2, 0.25) is 5.78 Å². The fourth-order valence-electron chi connectivity index (χ4n) is 2.80. The van der Waals surface area contributed by atoms with Crippen molar-refractivity contribution in [3.05, 3.63) is 60.3 Å². The Hall–Kier alpha value is -3.08. The second-order valence-electron chi connectivity index (χ2n) is 5.47. The van der Waals surface area contributed by atoms with Gasteiger partial charge in [-0.2, -0.15) is 4.98 Å². The van der Waals surface area contributed by atoms with E-state index in [9.17, 15) is 0 Å². The molecule has 0 bridgehead atoms. The van der Waals surface area contributed by atoms with E-state index < -0.39 is 0 Å². The zero-order chi connectivity index (χ0) is 15.8. The van der Waals surface area contributed by atoms with E-state index in [-0.39, 0.29) is 0 Å². The maximum absolute atomic E-state index is 4.64. The highest BCUT2D eigenvalue weighted by atomic mass is 15.1. The third kappa shape index (κ3) is 2.36. The van der Waals surface area contributed by atoms with Gasteiger partial charge in [-0.25, -0.2) is 4.98 Å². The number of imidazole rings is 1. The molecule has 0 spiro atoms. The van der Waals surface area contributed by atoms with Crippen molar-refractivity contribution >= 4 is 34.0 Å². The zero-order valence-corrected chi connectivity index (χ0v) is 13.0. The Bertz CT molecular complexity index is 1000. The molecule has 0 aliphatic heterocycles. The first kappa shape index (κ1) is 13.6. The maximum Gasteiger partial charge on any atom is 0.237 e. The molecule has 114 valence electrons. The highest BCUT2D eigenvalue weighted by Gasteiger charge is 2.09. The number of aryl methyl sites for hydroxylation is 1. The number of rotatable bonds is 3. The monoisotopic (exact) mass is 303 g/mol. The summed E-state index contributed by atoms with van der Waals surface area (Å²) >= 11 is 0. The van der Waals surface area contributed by atoms with E-state index in [2.05, 4.69) is 38.0 Å². The van der Waals surface area contributed by atoms with Gasteiger partial charge in [0, 0.05) is 30.2 Å². The number of nitrogens with zero attached hydrogens (tertiary/aromatic N) is 3. The predicted octanol–water partition coefficient (Wildman–Crippen LogP) is 3.98. The lowest BCUT2D eigenvalue weighted by Gasteiger charge is -2.09. The molecule has 4 aromatic rings. The molecule has 5 heteroatoms. The number of hydrogen-bond acceptors (Lipinski definition) is 4. The molecule has 0 saturated carbocycles. The minimum atomic E-state index is 0.707. The zero-order valence-electron chi connectivity index (χ0n) is 13.0. The summed E-state index contributed by atoms with van der Waals surface area (Å²) in [5.41, 5.74) is 5.17. The Balaban J connectivity index is 1.80. The van der Waals surface area contributed by atoms with Crippen LogP contribution in [-0.2, 0) is 0 Å². The fourth-order valence-corrected chi connectivity index (χ4v) is 2.80. The first-order chi connectivity index (χ1) is 11.2. The van der Waals surface area contributed by atoms with Gasteiger partial charge in [-0.15, -0.1) is 0 Å². The molecule has 0 fully saturated rings. The van der Waals surface area contributed by atoms with Crippen LogP contribution >= 0.6 is 0 Å². The summed E-state index contributed by atoms with van der Waals surface area (Å²) in [6.07, 6.45) is 0. The molecule has 0 radical (unpaired) electrons. The highest BCUT2D eigenvalue weighted by Crippen LogP contribution is 2.22. The van der Waals surface area contributed by atoms with Crippen LogP contribution in [0.25, 0.3) is 16.8 Å². The second-order valence-corrected chi connectivity index (χ2v) is 5.47. The molecular formula is C18H17N5. The smallest absolute Gasteiger partial charge is 0.237 e. The molecule has 0 amide bonds. The Morgan fingerprint density at radius 1 is 0.913 bits per heavy atom. The Morgan fingerprint density at radius 3 is 2.61 bits per heavy atom. The van der Waals surface area contributed by atoms with E-state index in [0.717, 1.165) is 33.9 Å². The average Bonchev–Trinajstić information content (AvgIpc) is 2.93. The van der Waals surface area contributed by atoms with Gasteiger partial charge in [-0.3, -0.25) is 4.40 Å². The van der Waals surface area contributed by atoms with Gasteiger partial charge in [0.15, 0.2) is 0 Å². The second kappa shape index (κ2) is 5.28. The number of aromatic nitrogens is 3. The Labute approximate surface area is 134 Å². The normalized spacial score (nSPS) is 11.0. The van der Waals surface area contributed by atoms with Crippen molar-refractivity contribution in [3.8, 4) is 0 Å². The molecule has 0 unspecified atom stereocenters. The van der Waals surface area contributed by atoms with Crippen LogP contribution in [0, 0.1) is 6.92 Å². The first-order valence-electron chi connectivity index (χ1n) is 7.54. The fraction of sp³-hybridized carbons (Fsp3) is 0.111. The molecule has 2 aromatic heterocycles. The molecule has 0 aliphatic rings. The van der Waals surface area contributed by atoms with Crippen LogP contribution in [0.1, 0.15) is 5.69 Å². The van der Waals surface area contributed by atoms with Crippen LogP contribution < -0.4 is 10.6 Å². The first-order valence-corrected chi connectivity index (χ1v) is 7.54. The minimum absolute atomic E-state index is 0.707. The molecule has 23 heavy (non-hydrogen) atoms. The van der Waals surface area contributed by atoms with Gasteiger partial charge in [-0.1, -0.05) is 18.2 Å². The summed E-state index contributed by atoms with van der Waals surface area (Å²) in [5, 5.41) is 6.49. The number of nitrogens with one attached hydrogen (secondary N) is 2. The highest BCUT2D eigenvalue weighted by molar-refractivity contribution is 5.80. The van der Waals surface area contributed by atoms with Gasteiger partial charge in [-0.05, 0) is 37.3 Å². The van der Waals surface area contributed by atoms with Crippen LogP contribution in [0.2, 0.25) is 0 Å². The van der Waals surface area contributed by atoms with E-state index in [4.69, 9.17) is 0 Å². The van der Waals surface area contributed by atoms with Gasteiger partial charge in [0.1, 0.15) is 5.82 Å². The molecule has 0 aliphatic carbocycles. The number of fused-ring (bicyclic) bond motifs is 3. The van der Waals surface area contributed by atoms with Crippen molar-refractivity contribution in [1.82, 2.24) is 14.4 Å². The summed E-state index contributed by atoms with van der Waals surface area (Å²) in [4.78, 5) is 9.26. The summed E-state index contributed by atoms with van der Waals surface area (Å²) < 4.78 is 2.07. The van der Waals surface area contributed by atoms with E-state index >= 15 is 0 Å². The van der Waals surface area contributed by atoms with Crippen molar-refractivity contribution in [2.75, 3.05) is 17.7 Å². The number of benzene rings is 2. The largest absolute Gasteiger partial charge is 0.388 e. The standard InChI is InChI=1S/C18H17N5/c1-12-10-17(20-14-7-5-6-13(11-14)19-2)22-18-21-15-8-3-4-9-16(15)23(12)18/h3-11,19H,1-2H3,(H,20,21,22). The molecule has 4 rings (SSSR count).